The Morgan fingerprint density at radius 1 is 1.00 bits per heavy atom. The number of unbranched alkanes of at least 4 members (excludes halogenated alkanes) is 1. The molecule has 2 aromatic carbocycles. The van der Waals surface area contributed by atoms with E-state index in [1.54, 1.807) is 10.6 Å². The highest BCUT2D eigenvalue weighted by atomic mass is 16.1. The quantitative estimate of drug-likeness (QED) is 0.540. The van der Waals surface area contributed by atoms with Gasteiger partial charge in [0.15, 0.2) is 0 Å². The van der Waals surface area contributed by atoms with E-state index >= 15 is 0 Å². The molecule has 0 unspecified atom stereocenters. The SMILES string of the molecule is CCCCc1nc(CCC)cc(=O)n1Cc1ccc(-c2ccccc2C#N)cc1. The fourth-order valence-electron chi connectivity index (χ4n) is 3.49. The summed E-state index contributed by atoms with van der Waals surface area (Å²) < 4.78 is 1.80. The van der Waals surface area contributed by atoms with Crippen molar-refractivity contribution in [2.75, 3.05) is 0 Å². The summed E-state index contributed by atoms with van der Waals surface area (Å²) in [6, 6.07) is 19.6. The van der Waals surface area contributed by atoms with Crippen molar-refractivity contribution in [2.45, 2.75) is 52.5 Å². The third-order valence-corrected chi connectivity index (χ3v) is 5.05. The van der Waals surface area contributed by atoms with Crippen LogP contribution in [0.3, 0.4) is 0 Å². The number of hydrogen-bond donors (Lipinski definition) is 0. The van der Waals surface area contributed by atoms with Gasteiger partial charge in [0.1, 0.15) is 5.82 Å². The van der Waals surface area contributed by atoms with Crippen LogP contribution in [0.5, 0.6) is 0 Å². The Kier molecular flexibility index (Phi) is 6.97. The van der Waals surface area contributed by atoms with Gasteiger partial charge in [0, 0.05) is 18.2 Å². The average molecular weight is 386 g/mol. The molecule has 0 atom stereocenters. The number of hydrogen-bond acceptors (Lipinski definition) is 3. The lowest BCUT2D eigenvalue weighted by Crippen LogP contribution is -2.26. The number of aryl methyl sites for hydroxylation is 2. The molecule has 0 aliphatic rings. The monoisotopic (exact) mass is 385 g/mol. The highest BCUT2D eigenvalue weighted by molar-refractivity contribution is 5.70. The molecule has 4 heteroatoms. The zero-order valence-corrected chi connectivity index (χ0v) is 17.2. The first kappa shape index (κ1) is 20.5. The molecule has 4 nitrogen and oxygen atoms in total. The molecule has 0 amide bonds. The second-order valence-corrected chi connectivity index (χ2v) is 7.30. The van der Waals surface area contributed by atoms with E-state index in [1.165, 1.54) is 0 Å². The second-order valence-electron chi connectivity index (χ2n) is 7.30. The van der Waals surface area contributed by atoms with Crippen LogP contribution >= 0.6 is 0 Å². The maximum atomic E-state index is 12.8. The summed E-state index contributed by atoms with van der Waals surface area (Å²) >= 11 is 0. The summed E-state index contributed by atoms with van der Waals surface area (Å²) in [6.07, 6.45) is 4.72. The van der Waals surface area contributed by atoms with E-state index in [1.807, 2.05) is 48.5 Å². The van der Waals surface area contributed by atoms with E-state index in [9.17, 15) is 10.1 Å². The number of benzene rings is 2. The first-order valence-corrected chi connectivity index (χ1v) is 10.3. The van der Waals surface area contributed by atoms with E-state index in [4.69, 9.17) is 4.98 Å². The third kappa shape index (κ3) is 5.00. The van der Waals surface area contributed by atoms with E-state index in [-0.39, 0.29) is 5.56 Å². The third-order valence-electron chi connectivity index (χ3n) is 5.05. The van der Waals surface area contributed by atoms with Gasteiger partial charge in [0.05, 0.1) is 18.2 Å². The summed E-state index contributed by atoms with van der Waals surface area (Å²) in [5.74, 6) is 0.877. The molecule has 0 aliphatic heterocycles. The normalized spacial score (nSPS) is 10.7. The number of rotatable bonds is 8. The van der Waals surface area contributed by atoms with Gasteiger partial charge >= 0.3 is 0 Å². The van der Waals surface area contributed by atoms with Crippen LogP contribution in [0.4, 0.5) is 0 Å². The van der Waals surface area contributed by atoms with Crippen molar-refractivity contribution in [1.29, 1.82) is 5.26 Å². The minimum absolute atomic E-state index is 0.0217. The van der Waals surface area contributed by atoms with Crippen LogP contribution in [0, 0.1) is 11.3 Å². The molecule has 0 N–H and O–H groups in total. The molecule has 0 spiro atoms. The summed E-state index contributed by atoms with van der Waals surface area (Å²) in [4.78, 5) is 17.5. The lowest BCUT2D eigenvalue weighted by atomic mass is 9.99. The number of nitriles is 1. The predicted octanol–water partition coefficient (Wildman–Crippen LogP) is 5.13. The van der Waals surface area contributed by atoms with Crippen molar-refractivity contribution in [3.8, 4) is 17.2 Å². The minimum Gasteiger partial charge on any atom is -0.292 e. The molecule has 1 aromatic heterocycles. The van der Waals surface area contributed by atoms with Gasteiger partial charge in [-0.1, -0.05) is 69.2 Å². The van der Waals surface area contributed by atoms with Crippen molar-refractivity contribution >= 4 is 0 Å². The lowest BCUT2D eigenvalue weighted by molar-refractivity contribution is 0.626. The van der Waals surface area contributed by atoms with Crippen LogP contribution in [0.25, 0.3) is 11.1 Å². The van der Waals surface area contributed by atoms with Gasteiger partial charge < -0.3 is 0 Å². The van der Waals surface area contributed by atoms with Crippen molar-refractivity contribution in [3.05, 3.63) is 87.6 Å². The largest absolute Gasteiger partial charge is 0.292 e. The van der Waals surface area contributed by atoms with Gasteiger partial charge in [-0.2, -0.15) is 5.26 Å². The Labute approximate surface area is 172 Å². The first-order valence-electron chi connectivity index (χ1n) is 10.3. The molecule has 3 rings (SSSR count). The number of nitrogens with zero attached hydrogens (tertiary/aromatic N) is 3. The molecule has 148 valence electrons. The minimum atomic E-state index is 0.0217. The van der Waals surface area contributed by atoms with Gasteiger partial charge in [-0.15, -0.1) is 0 Å². The molecule has 3 aromatic rings. The Morgan fingerprint density at radius 3 is 2.45 bits per heavy atom. The molecule has 0 bridgehead atoms. The molecule has 0 fully saturated rings. The Hall–Kier alpha value is -3.19. The summed E-state index contributed by atoms with van der Waals surface area (Å²) in [7, 11) is 0. The maximum Gasteiger partial charge on any atom is 0.254 e. The van der Waals surface area contributed by atoms with Crippen LogP contribution in [0.2, 0.25) is 0 Å². The van der Waals surface area contributed by atoms with Crippen molar-refractivity contribution < 1.29 is 0 Å². The zero-order valence-electron chi connectivity index (χ0n) is 17.2. The predicted molar refractivity (Wildman–Crippen MR) is 117 cm³/mol. The smallest absolute Gasteiger partial charge is 0.254 e. The number of aromatic nitrogens is 2. The van der Waals surface area contributed by atoms with Crippen LogP contribution in [-0.2, 0) is 19.4 Å². The highest BCUT2D eigenvalue weighted by Gasteiger charge is 2.10. The summed E-state index contributed by atoms with van der Waals surface area (Å²) in [5, 5.41) is 9.33. The Morgan fingerprint density at radius 2 is 1.76 bits per heavy atom. The molecule has 29 heavy (non-hydrogen) atoms. The molecule has 0 aliphatic carbocycles. The van der Waals surface area contributed by atoms with Gasteiger partial charge in [-0.05, 0) is 35.6 Å². The molecular weight excluding hydrogens is 358 g/mol. The van der Waals surface area contributed by atoms with E-state index < -0.39 is 0 Å². The Bertz CT molecular complexity index is 1060. The van der Waals surface area contributed by atoms with E-state index in [2.05, 4.69) is 19.9 Å². The fourth-order valence-corrected chi connectivity index (χ4v) is 3.49. The van der Waals surface area contributed by atoms with Crippen molar-refractivity contribution in [2.24, 2.45) is 0 Å². The molecule has 1 heterocycles. The van der Waals surface area contributed by atoms with Crippen LogP contribution in [0.1, 0.15) is 55.8 Å². The van der Waals surface area contributed by atoms with Crippen LogP contribution < -0.4 is 5.56 Å². The van der Waals surface area contributed by atoms with Gasteiger partial charge in [0.2, 0.25) is 0 Å². The van der Waals surface area contributed by atoms with Gasteiger partial charge in [0.25, 0.3) is 5.56 Å². The molecular formula is C25H27N3O. The molecule has 0 saturated carbocycles. The lowest BCUT2D eigenvalue weighted by Gasteiger charge is -2.14. The molecule has 0 radical (unpaired) electrons. The van der Waals surface area contributed by atoms with Crippen LogP contribution in [-0.4, -0.2) is 9.55 Å². The second kappa shape index (κ2) is 9.84. The van der Waals surface area contributed by atoms with Gasteiger partial charge in [-0.25, -0.2) is 4.98 Å². The van der Waals surface area contributed by atoms with E-state index in [0.717, 1.165) is 60.3 Å². The Balaban J connectivity index is 1.89. The van der Waals surface area contributed by atoms with Gasteiger partial charge in [-0.3, -0.25) is 9.36 Å². The van der Waals surface area contributed by atoms with Crippen molar-refractivity contribution in [1.82, 2.24) is 9.55 Å². The maximum absolute atomic E-state index is 12.8. The zero-order chi connectivity index (χ0) is 20.6. The summed E-state index contributed by atoms with van der Waals surface area (Å²) in [5.41, 5.74) is 4.55. The fraction of sp³-hybridized carbons (Fsp3) is 0.320. The first-order chi connectivity index (χ1) is 14.2. The standard InChI is InChI=1S/C25H27N3O/c1-3-5-11-24-27-22(8-4-2)16-25(29)28(24)18-19-12-14-20(15-13-19)23-10-7-6-9-21(23)17-26/h6-7,9-10,12-16H,3-5,8,11,18H2,1-2H3. The summed E-state index contributed by atoms with van der Waals surface area (Å²) in [6.45, 7) is 4.76. The van der Waals surface area contributed by atoms with Crippen molar-refractivity contribution in [3.63, 3.8) is 0 Å². The molecule has 0 saturated heterocycles. The topological polar surface area (TPSA) is 58.7 Å². The average Bonchev–Trinajstić information content (AvgIpc) is 2.75. The highest BCUT2D eigenvalue weighted by Crippen LogP contribution is 2.23. The van der Waals surface area contributed by atoms with Crippen LogP contribution in [0.15, 0.2) is 59.4 Å². The van der Waals surface area contributed by atoms with E-state index in [0.29, 0.717) is 12.1 Å².